The minimum Gasteiger partial charge on any atom is -1.00 e. The van der Waals surface area contributed by atoms with E-state index in [0.29, 0.717) is 0 Å². The molecule has 1 N–H and O–H groups in total. The van der Waals surface area contributed by atoms with Crippen LogP contribution in [0.5, 0.6) is 0 Å². The number of morpholine rings is 1. The van der Waals surface area contributed by atoms with E-state index in [-0.39, 0.29) is 29.9 Å². The summed E-state index contributed by atoms with van der Waals surface area (Å²) in [5.41, 5.74) is 7.79. The molecule has 5 rings (SSSR count). The van der Waals surface area contributed by atoms with Gasteiger partial charge in [-0.1, -0.05) is 54.6 Å². The Hall–Kier alpha value is -2.48. The molecule has 176 valence electrons. The van der Waals surface area contributed by atoms with Gasteiger partial charge in [-0.05, 0) is 59.4 Å². The molecule has 2 aliphatic rings. The minimum absolute atomic E-state index is 0. The fourth-order valence-electron chi connectivity index (χ4n) is 4.76. The summed E-state index contributed by atoms with van der Waals surface area (Å²) >= 11 is 0. The number of hydrogen-bond donors (Lipinski definition) is 1. The fraction of sp³-hybridized carbons (Fsp3) is 0.276. The number of nitrogens with zero attached hydrogens (tertiary/aromatic N) is 1. The number of amides is 1. The van der Waals surface area contributed by atoms with Crippen molar-refractivity contribution in [2.24, 2.45) is 0 Å². The number of carbonyl (C=O) groups excluding carboxylic acids is 1. The molecular weight excluding hydrogens is 535 g/mol. The average molecular weight is 566 g/mol. The lowest BCUT2D eigenvalue weighted by molar-refractivity contribution is -0.929. The quantitative estimate of drug-likeness (QED) is 0.381. The summed E-state index contributed by atoms with van der Waals surface area (Å²) in [5.74, 6) is -0.00862. The van der Waals surface area contributed by atoms with Crippen LogP contribution in [0.2, 0.25) is 0 Å². The number of nitrogens with one attached hydrogen (secondary N) is 1. The number of aryl methyl sites for hydroxylation is 1. The van der Waals surface area contributed by atoms with Crippen molar-refractivity contribution >= 4 is 17.7 Å². The first-order valence-corrected chi connectivity index (χ1v) is 11.8. The Labute approximate surface area is 219 Å². The van der Waals surface area contributed by atoms with E-state index in [1.54, 1.807) is 0 Å². The van der Waals surface area contributed by atoms with Crippen LogP contribution in [0.15, 0.2) is 78.4 Å². The number of rotatable bonds is 5. The predicted octanol–water partition coefficient (Wildman–Crippen LogP) is 2.30. The molecule has 5 heteroatoms. The summed E-state index contributed by atoms with van der Waals surface area (Å²) in [4.78, 5) is 13.0. The molecule has 0 radical (unpaired) electrons. The third-order valence-electron chi connectivity index (χ3n) is 6.87. The van der Waals surface area contributed by atoms with Crippen LogP contribution < -0.4 is 29.3 Å². The van der Waals surface area contributed by atoms with E-state index in [1.165, 1.54) is 22.3 Å². The Balaban J connectivity index is 0.00000274. The molecular formula is C29H31IN2O2. The molecule has 1 amide bonds. The van der Waals surface area contributed by atoms with Gasteiger partial charge >= 0.3 is 0 Å². The SMILES string of the molecule is C[N+]1(Cc2ccc(NC(=O)C3=Cc4cc(-c5ccccc5)ccc4CC3)cc2)CCOCC1.[I-]. The van der Waals surface area contributed by atoms with Gasteiger partial charge in [0.2, 0.25) is 0 Å². The molecule has 4 nitrogen and oxygen atoms in total. The van der Waals surface area contributed by atoms with Gasteiger partial charge in [0.25, 0.3) is 5.91 Å². The van der Waals surface area contributed by atoms with Gasteiger partial charge < -0.3 is 38.5 Å². The second-order valence-electron chi connectivity index (χ2n) is 9.44. The highest BCUT2D eigenvalue weighted by Gasteiger charge is 2.25. The number of anilines is 1. The Kier molecular flexibility index (Phi) is 7.86. The highest BCUT2D eigenvalue weighted by Crippen LogP contribution is 2.29. The van der Waals surface area contributed by atoms with Crippen molar-refractivity contribution in [2.45, 2.75) is 19.4 Å². The molecule has 1 aliphatic heterocycles. The molecule has 0 spiro atoms. The number of benzene rings is 3. The third kappa shape index (κ3) is 5.77. The topological polar surface area (TPSA) is 38.3 Å². The van der Waals surface area contributed by atoms with E-state index in [2.05, 4.69) is 73.0 Å². The average Bonchev–Trinajstić information content (AvgIpc) is 2.85. The van der Waals surface area contributed by atoms with E-state index in [4.69, 9.17) is 4.74 Å². The van der Waals surface area contributed by atoms with E-state index < -0.39 is 0 Å². The van der Waals surface area contributed by atoms with Crippen LogP contribution in [0.4, 0.5) is 5.69 Å². The largest absolute Gasteiger partial charge is 1.00 e. The van der Waals surface area contributed by atoms with Crippen molar-refractivity contribution in [2.75, 3.05) is 38.7 Å². The normalized spacial score (nSPS) is 16.6. The molecule has 34 heavy (non-hydrogen) atoms. The van der Waals surface area contributed by atoms with Crippen molar-refractivity contribution in [3.63, 3.8) is 0 Å². The van der Waals surface area contributed by atoms with Crippen molar-refractivity contribution in [3.05, 3.63) is 95.1 Å². The van der Waals surface area contributed by atoms with E-state index in [9.17, 15) is 4.79 Å². The number of halogens is 1. The van der Waals surface area contributed by atoms with E-state index in [0.717, 1.165) is 67.0 Å². The fourth-order valence-corrected chi connectivity index (χ4v) is 4.76. The zero-order valence-electron chi connectivity index (χ0n) is 19.6. The molecule has 0 aromatic heterocycles. The predicted molar refractivity (Wildman–Crippen MR) is 134 cm³/mol. The van der Waals surface area contributed by atoms with Gasteiger partial charge in [0, 0.05) is 16.8 Å². The van der Waals surface area contributed by atoms with Gasteiger partial charge in [0.15, 0.2) is 0 Å². The first-order chi connectivity index (χ1) is 16.1. The van der Waals surface area contributed by atoms with Crippen LogP contribution >= 0.6 is 0 Å². The maximum atomic E-state index is 13.0. The van der Waals surface area contributed by atoms with Gasteiger partial charge in [-0.2, -0.15) is 0 Å². The van der Waals surface area contributed by atoms with Gasteiger partial charge in [-0.3, -0.25) is 4.79 Å². The standard InChI is InChI=1S/C29H30N2O2.HI/c1-31(15-17-33-18-16-31)21-22-7-13-28(14-8-22)30-29(32)26-12-10-24-9-11-25(19-27(24)20-26)23-5-3-2-4-6-23;/h2-9,11,13-14,19-20H,10,12,15-18,21H2,1H3;1H. The van der Waals surface area contributed by atoms with Crippen LogP contribution in [-0.2, 0) is 22.5 Å². The zero-order valence-corrected chi connectivity index (χ0v) is 21.8. The molecule has 0 unspecified atom stereocenters. The monoisotopic (exact) mass is 566 g/mol. The Bertz CT molecular complexity index is 1170. The molecule has 1 fully saturated rings. The van der Waals surface area contributed by atoms with Crippen LogP contribution in [0, 0.1) is 0 Å². The zero-order chi connectivity index (χ0) is 22.7. The Morgan fingerprint density at radius 3 is 2.38 bits per heavy atom. The molecule has 1 saturated heterocycles. The number of hydrogen-bond acceptors (Lipinski definition) is 2. The van der Waals surface area contributed by atoms with Crippen molar-refractivity contribution in [1.29, 1.82) is 0 Å². The molecule has 0 saturated carbocycles. The lowest BCUT2D eigenvalue weighted by Gasteiger charge is -2.37. The molecule has 0 atom stereocenters. The second-order valence-corrected chi connectivity index (χ2v) is 9.44. The lowest BCUT2D eigenvalue weighted by atomic mass is 9.89. The van der Waals surface area contributed by atoms with Crippen molar-refractivity contribution in [3.8, 4) is 11.1 Å². The number of carbonyl (C=O) groups is 1. The maximum absolute atomic E-state index is 13.0. The summed E-state index contributed by atoms with van der Waals surface area (Å²) in [6, 6.07) is 25.2. The molecule has 3 aromatic carbocycles. The Morgan fingerprint density at radius 2 is 1.65 bits per heavy atom. The number of ether oxygens (including phenoxy) is 1. The van der Waals surface area contributed by atoms with Gasteiger partial charge in [0.05, 0.1) is 20.3 Å². The van der Waals surface area contributed by atoms with E-state index in [1.807, 2.05) is 18.2 Å². The Morgan fingerprint density at radius 1 is 0.912 bits per heavy atom. The first-order valence-electron chi connectivity index (χ1n) is 11.8. The number of likely N-dealkylation sites (N-methyl/N-ethyl adjacent to an activating group) is 1. The van der Waals surface area contributed by atoms with Crippen molar-refractivity contribution < 1.29 is 38.0 Å². The summed E-state index contributed by atoms with van der Waals surface area (Å²) in [5, 5.41) is 3.10. The van der Waals surface area contributed by atoms with Crippen molar-refractivity contribution in [1.82, 2.24) is 0 Å². The number of quaternary nitrogens is 1. The highest BCUT2D eigenvalue weighted by molar-refractivity contribution is 6.07. The maximum Gasteiger partial charge on any atom is 0.251 e. The first kappa shape index (κ1) is 24.6. The molecule has 1 aliphatic carbocycles. The summed E-state index contributed by atoms with van der Waals surface area (Å²) < 4.78 is 6.51. The van der Waals surface area contributed by atoms with Crippen LogP contribution in [0.25, 0.3) is 17.2 Å². The highest BCUT2D eigenvalue weighted by atomic mass is 127. The summed E-state index contributed by atoms with van der Waals surface area (Å²) in [6.07, 6.45) is 3.71. The molecule has 3 aromatic rings. The molecule has 0 bridgehead atoms. The van der Waals surface area contributed by atoms with Gasteiger partial charge in [0.1, 0.15) is 19.6 Å². The summed E-state index contributed by atoms with van der Waals surface area (Å²) in [7, 11) is 2.29. The van der Waals surface area contributed by atoms with E-state index >= 15 is 0 Å². The molecule has 1 heterocycles. The van der Waals surface area contributed by atoms with Crippen LogP contribution in [0.1, 0.15) is 23.1 Å². The van der Waals surface area contributed by atoms with Gasteiger partial charge in [-0.25, -0.2) is 0 Å². The minimum atomic E-state index is -0.00862. The summed E-state index contributed by atoms with van der Waals surface area (Å²) in [6.45, 7) is 4.73. The van der Waals surface area contributed by atoms with Gasteiger partial charge in [-0.15, -0.1) is 0 Å². The number of fused-ring (bicyclic) bond motifs is 1. The second kappa shape index (κ2) is 10.8. The van der Waals surface area contributed by atoms with Crippen LogP contribution in [0.3, 0.4) is 0 Å². The van der Waals surface area contributed by atoms with Crippen LogP contribution in [-0.4, -0.2) is 43.7 Å². The smallest absolute Gasteiger partial charge is 0.251 e. The third-order valence-corrected chi connectivity index (χ3v) is 6.87. The lowest BCUT2D eigenvalue weighted by Crippen LogP contribution is -3.00.